The number of fused-ring (bicyclic) bond motifs is 3. The number of nitrogens with one attached hydrogen (secondary N) is 1. The molecule has 5 rings (SSSR count). The monoisotopic (exact) mass is 511 g/mol. The van der Waals surface area contributed by atoms with Crippen LogP contribution in [0, 0.1) is 5.41 Å². The minimum absolute atomic E-state index is 0.0261. The number of benzene rings is 1. The normalized spacial score (nSPS) is 22.4. The molecular weight excluding hydrogens is 474 g/mol. The van der Waals surface area contributed by atoms with Crippen LogP contribution in [0.1, 0.15) is 43.5 Å². The first-order valence-corrected chi connectivity index (χ1v) is 13.4. The van der Waals surface area contributed by atoms with E-state index in [0.29, 0.717) is 18.9 Å². The predicted molar refractivity (Wildman–Crippen MR) is 139 cm³/mol. The molecule has 2 aromatic rings. The average Bonchev–Trinajstić information content (AvgIpc) is 3.27. The average molecular weight is 512 g/mol. The second-order valence-electron chi connectivity index (χ2n) is 9.98. The van der Waals surface area contributed by atoms with Crippen LogP contribution in [0.5, 0.6) is 0 Å². The van der Waals surface area contributed by atoms with E-state index in [2.05, 4.69) is 46.0 Å². The van der Waals surface area contributed by atoms with Crippen molar-refractivity contribution in [1.29, 1.82) is 0 Å². The van der Waals surface area contributed by atoms with E-state index in [1.54, 1.807) is 0 Å². The van der Waals surface area contributed by atoms with E-state index in [1.807, 2.05) is 6.07 Å². The molecule has 4 heterocycles. The Hall–Kier alpha value is -2.72. The molecule has 37 heavy (non-hydrogen) atoms. The van der Waals surface area contributed by atoms with Crippen molar-refractivity contribution >= 4 is 28.5 Å². The molecular formula is C28H37N3O6. The molecule has 2 N–H and O–H groups in total. The van der Waals surface area contributed by atoms with Crippen molar-refractivity contribution in [3.05, 3.63) is 41.6 Å². The Morgan fingerprint density at radius 3 is 2.70 bits per heavy atom. The van der Waals surface area contributed by atoms with Gasteiger partial charge in [0.2, 0.25) is 0 Å². The fourth-order valence-electron chi connectivity index (χ4n) is 6.34. The Balaban J connectivity index is 1.29. The molecule has 1 saturated heterocycles. The lowest BCUT2D eigenvalue weighted by Gasteiger charge is -2.53. The Bertz CT molecular complexity index is 1170. The molecule has 200 valence electrons. The molecule has 1 fully saturated rings. The third-order valence-corrected chi connectivity index (χ3v) is 7.97. The zero-order chi connectivity index (χ0) is 25.8. The van der Waals surface area contributed by atoms with Crippen molar-refractivity contribution in [2.24, 2.45) is 5.41 Å². The lowest BCUT2D eigenvalue weighted by molar-refractivity contribution is -0.145. The molecule has 1 amide bonds. The number of nitrogens with zero attached hydrogens (tertiary/aromatic N) is 2. The molecule has 0 unspecified atom stereocenters. The largest absolute Gasteiger partial charge is 0.462 e. The lowest BCUT2D eigenvalue weighted by Crippen LogP contribution is -2.51. The first kappa shape index (κ1) is 25.9. The molecule has 3 aliphatic rings. The number of amides is 1. The summed E-state index contributed by atoms with van der Waals surface area (Å²) >= 11 is 0. The van der Waals surface area contributed by atoms with E-state index < -0.39 is 5.97 Å². The number of aliphatic hydroxyl groups excluding tert-OH is 1. The Kier molecular flexibility index (Phi) is 7.95. The van der Waals surface area contributed by atoms with E-state index in [1.165, 1.54) is 16.6 Å². The molecule has 3 aliphatic heterocycles. The van der Waals surface area contributed by atoms with Crippen molar-refractivity contribution in [1.82, 2.24) is 14.8 Å². The number of esters is 1. The minimum atomic E-state index is -0.504. The summed E-state index contributed by atoms with van der Waals surface area (Å²) in [6.45, 7) is 5.48. The standard InChI is InChI=1S/C28H37N3O6/c1-2-28-9-5-10-30-11-8-21-20-6-3-4-7-22(20)31(25(21)26(28)30)23(18-28)27(34)29-19-24(33)37-17-16-36-15-14-35-13-12-32/h3-4,6-7,18,26,32H,2,5,8-17,19H2,1H3,(H,29,34)/t26-,28+/m1/s1. The summed E-state index contributed by atoms with van der Waals surface area (Å²) in [5, 5.41) is 12.7. The number of hydrogen-bond donors (Lipinski definition) is 2. The summed E-state index contributed by atoms with van der Waals surface area (Å²) in [6, 6.07) is 8.61. The molecule has 9 nitrogen and oxygen atoms in total. The SMILES string of the molecule is CC[C@@]12C=C(C(=O)NCC(=O)OCCOCCOCCO)n3c4c(c5ccccc53)CCN(CCC1)[C@H]42. The number of rotatable bonds is 12. The number of piperidine rings is 1. The summed E-state index contributed by atoms with van der Waals surface area (Å²) in [7, 11) is 0. The van der Waals surface area contributed by atoms with Gasteiger partial charge < -0.3 is 29.2 Å². The van der Waals surface area contributed by atoms with E-state index in [-0.39, 0.29) is 50.3 Å². The van der Waals surface area contributed by atoms with E-state index in [4.69, 9.17) is 19.3 Å². The van der Waals surface area contributed by atoms with Crippen LogP contribution in [0.3, 0.4) is 0 Å². The fraction of sp³-hybridized carbons (Fsp3) is 0.571. The summed E-state index contributed by atoms with van der Waals surface area (Å²) in [4.78, 5) is 28.5. The molecule has 2 atom stereocenters. The van der Waals surface area contributed by atoms with Gasteiger partial charge in [-0.15, -0.1) is 0 Å². The van der Waals surface area contributed by atoms with E-state index >= 15 is 0 Å². The predicted octanol–water partition coefficient (Wildman–Crippen LogP) is 2.27. The summed E-state index contributed by atoms with van der Waals surface area (Å²) in [5.41, 5.74) is 4.18. The van der Waals surface area contributed by atoms with Gasteiger partial charge in [-0.1, -0.05) is 25.1 Å². The number of ether oxygens (including phenoxy) is 3. The van der Waals surface area contributed by atoms with Crippen LogP contribution >= 0.6 is 0 Å². The molecule has 0 radical (unpaired) electrons. The van der Waals surface area contributed by atoms with Crippen LogP contribution in [-0.4, -0.2) is 85.7 Å². The number of hydrogen-bond acceptors (Lipinski definition) is 7. The Morgan fingerprint density at radius 1 is 1.11 bits per heavy atom. The van der Waals surface area contributed by atoms with Gasteiger partial charge in [0.25, 0.3) is 5.91 Å². The molecule has 1 aromatic heterocycles. The minimum Gasteiger partial charge on any atom is -0.462 e. The number of carbonyl (C=O) groups excluding carboxylic acids is 2. The van der Waals surface area contributed by atoms with Gasteiger partial charge >= 0.3 is 5.97 Å². The quantitative estimate of drug-likeness (QED) is 0.333. The lowest BCUT2D eigenvalue weighted by atomic mass is 9.66. The van der Waals surface area contributed by atoms with Crippen molar-refractivity contribution in [2.45, 2.75) is 38.6 Å². The number of para-hydroxylation sites is 1. The zero-order valence-electron chi connectivity index (χ0n) is 21.5. The summed E-state index contributed by atoms with van der Waals surface area (Å²) < 4.78 is 17.8. The van der Waals surface area contributed by atoms with Crippen LogP contribution in [0.2, 0.25) is 0 Å². The highest BCUT2D eigenvalue weighted by Crippen LogP contribution is 2.56. The highest BCUT2D eigenvalue weighted by Gasteiger charge is 2.50. The maximum absolute atomic E-state index is 13.6. The van der Waals surface area contributed by atoms with Crippen molar-refractivity contribution in [2.75, 3.05) is 59.3 Å². The smallest absolute Gasteiger partial charge is 0.325 e. The van der Waals surface area contributed by atoms with Gasteiger partial charge in [0.15, 0.2) is 0 Å². The van der Waals surface area contributed by atoms with Gasteiger partial charge in [0.1, 0.15) is 18.8 Å². The third kappa shape index (κ3) is 4.93. The molecule has 0 spiro atoms. The zero-order valence-corrected chi connectivity index (χ0v) is 21.5. The van der Waals surface area contributed by atoms with Crippen LogP contribution in [-0.2, 0) is 30.2 Å². The molecule has 0 saturated carbocycles. The molecule has 0 aliphatic carbocycles. The first-order valence-electron chi connectivity index (χ1n) is 13.4. The number of carbonyl (C=O) groups is 2. The van der Waals surface area contributed by atoms with Gasteiger partial charge in [-0.2, -0.15) is 0 Å². The summed E-state index contributed by atoms with van der Waals surface area (Å²) in [6.07, 6.45) is 6.30. The van der Waals surface area contributed by atoms with Crippen molar-refractivity contribution in [3.63, 3.8) is 0 Å². The van der Waals surface area contributed by atoms with Crippen molar-refractivity contribution < 1.29 is 28.9 Å². The highest BCUT2D eigenvalue weighted by atomic mass is 16.6. The molecule has 9 heteroatoms. The second kappa shape index (κ2) is 11.3. The van der Waals surface area contributed by atoms with Gasteiger partial charge in [0.05, 0.1) is 44.6 Å². The summed E-state index contributed by atoms with van der Waals surface area (Å²) in [5.74, 6) is -0.761. The van der Waals surface area contributed by atoms with Crippen molar-refractivity contribution in [3.8, 4) is 0 Å². The third-order valence-electron chi connectivity index (χ3n) is 7.97. The Morgan fingerprint density at radius 2 is 1.89 bits per heavy atom. The van der Waals surface area contributed by atoms with E-state index in [0.717, 1.165) is 44.3 Å². The van der Waals surface area contributed by atoms with Crippen LogP contribution in [0.15, 0.2) is 30.3 Å². The maximum Gasteiger partial charge on any atom is 0.325 e. The van der Waals surface area contributed by atoms with Crippen LogP contribution < -0.4 is 5.32 Å². The second-order valence-corrected chi connectivity index (χ2v) is 9.98. The van der Waals surface area contributed by atoms with Crippen LogP contribution in [0.25, 0.3) is 16.6 Å². The van der Waals surface area contributed by atoms with Crippen LogP contribution in [0.4, 0.5) is 0 Å². The number of aromatic nitrogens is 1. The van der Waals surface area contributed by atoms with Gasteiger partial charge in [-0.05, 0) is 49.9 Å². The number of aliphatic hydroxyl groups is 1. The van der Waals surface area contributed by atoms with Gasteiger partial charge in [0, 0.05) is 23.0 Å². The maximum atomic E-state index is 13.6. The fourth-order valence-corrected chi connectivity index (χ4v) is 6.34. The Labute approximate surface area is 217 Å². The van der Waals surface area contributed by atoms with Gasteiger partial charge in [-0.3, -0.25) is 14.5 Å². The first-order chi connectivity index (χ1) is 18.1. The molecule has 1 aromatic carbocycles. The molecule has 0 bridgehead atoms. The van der Waals surface area contributed by atoms with E-state index in [9.17, 15) is 9.59 Å². The van der Waals surface area contributed by atoms with Gasteiger partial charge in [-0.25, -0.2) is 0 Å². The topological polar surface area (TPSA) is 102 Å². The highest BCUT2D eigenvalue weighted by molar-refractivity contribution is 6.17.